The zero-order valence-electron chi connectivity index (χ0n) is 15.0. The van der Waals surface area contributed by atoms with Gasteiger partial charge >= 0.3 is 0 Å². The molecule has 1 aliphatic rings. The van der Waals surface area contributed by atoms with Crippen LogP contribution in [0.25, 0.3) is 0 Å². The van der Waals surface area contributed by atoms with Gasteiger partial charge in [-0.25, -0.2) is 13.6 Å². The molecule has 152 valence electrons. The maximum atomic E-state index is 12.1. The van der Waals surface area contributed by atoms with Gasteiger partial charge in [0.25, 0.3) is 0 Å². The van der Waals surface area contributed by atoms with Crippen LogP contribution < -0.4 is 20.5 Å². The Balaban J connectivity index is 0.00000280. The predicted octanol–water partition coefficient (Wildman–Crippen LogP) is 1.87. The van der Waals surface area contributed by atoms with Crippen LogP contribution in [0.2, 0.25) is 0 Å². The van der Waals surface area contributed by atoms with Gasteiger partial charge in [-0.3, -0.25) is 4.79 Å². The van der Waals surface area contributed by atoms with Crippen molar-refractivity contribution in [2.45, 2.75) is 17.4 Å². The molecule has 10 heteroatoms. The summed E-state index contributed by atoms with van der Waals surface area (Å²) in [5.74, 6) is 0.937. The number of morpholine rings is 1. The van der Waals surface area contributed by atoms with Gasteiger partial charge in [0.1, 0.15) is 11.5 Å². The molecule has 1 aliphatic heterocycles. The first kappa shape index (κ1) is 22.1. The summed E-state index contributed by atoms with van der Waals surface area (Å²) in [6, 6.07) is 12.7. The molecule has 28 heavy (non-hydrogen) atoms. The second kappa shape index (κ2) is 9.85. The number of rotatable bonds is 6. The number of ether oxygens (including phenoxy) is 2. The molecule has 1 heterocycles. The Labute approximate surface area is 169 Å². The van der Waals surface area contributed by atoms with Gasteiger partial charge < -0.3 is 20.1 Å². The molecule has 8 nitrogen and oxygen atoms in total. The normalized spacial score (nSPS) is 16.7. The van der Waals surface area contributed by atoms with Crippen LogP contribution in [0.3, 0.4) is 0 Å². The largest absolute Gasteiger partial charge is 0.457 e. The van der Waals surface area contributed by atoms with Gasteiger partial charge in [0.2, 0.25) is 15.9 Å². The van der Waals surface area contributed by atoms with Crippen molar-refractivity contribution in [2.24, 2.45) is 5.14 Å². The van der Waals surface area contributed by atoms with Crippen LogP contribution in [0.4, 0.5) is 5.69 Å². The van der Waals surface area contributed by atoms with Crippen molar-refractivity contribution in [3.8, 4) is 11.5 Å². The summed E-state index contributed by atoms with van der Waals surface area (Å²) in [5, 5.41) is 11.1. The topological polar surface area (TPSA) is 120 Å². The summed E-state index contributed by atoms with van der Waals surface area (Å²) in [5.41, 5.74) is 0.661. The highest BCUT2D eigenvalue weighted by molar-refractivity contribution is 7.89. The van der Waals surface area contributed by atoms with Crippen molar-refractivity contribution in [3.05, 3.63) is 48.5 Å². The maximum Gasteiger partial charge on any atom is 0.238 e. The number of hydrogen-bond acceptors (Lipinski definition) is 6. The first-order valence-corrected chi connectivity index (χ1v) is 9.96. The Hall–Kier alpha value is -2.17. The van der Waals surface area contributed by atoms with E-state index in [9.17, 15) is 13.2 Å². The van der Waals surface area contributed by atoms with E-state index in [0.29, 0.717) is 36.8 Å². The lowest BCUT2D eigenvalue weighted by molar-refractivity contribution is -0.117. The van der Waals surface area contributed by atoms with Crippen LogP contribution in [-0.2, 0) is 19.6 Å². The molecular formula is C18H22ClN3O5S. The number of carbonyl (C=O) groups excluding carboxylic acids is 1. The van der Waals surface area contributed by atoms with E-state index < -0.39 is 10.0 Å². The molecule has 1 atom stereocenters. The quantitative estimate of drug-likeness (QED) is 0.647. The van der Waals surface area contributed by atoms with Crippen molar-refractivity contribution in [1.29, 1.82) is 0 Å². The molecule has 2 aromatic carbocycles. The van der Waals surface area contributed by atoms with Crippen LogP contribution in [0.15, 0.2) is 53.4 Å². The molecule has 0 saturated carbocycles. The molecule has 1 saturated heterocycles. The highest BCUT2D eigenvalue weighted by atomic mass is 35.5. The van der Waals surface area contributed by atoms with Crippen LogP contribution in [0.1, 0.15) is 6.42 Å². The number of amides is 1. The Kier molecular flexibility index (Phi) is 7.78. The van der Waals surface area contributed by atoms with Gasteiger partial charge in [0.15, 0.2) is 0 Å². The second-order valence-corrected chi connectivity index (χ2v) is 7.68. The van der Waals surface area contributed by atoms with Crippen molar-refractivity contribution in [2.75, 3.05) is 25.1 Å². The minimum absolute atomic E-state index is 0. The number of carbonyl (C=O) groups is 1. The molecule has 4 N–H and O–H groups in total. The summed E-state index contributed by atoms with van der Waals surface area (Å²) in [7, 11) is -3.73. The molecule has 1 unspecified atom stereocenters. The number of nitrogens with two attached hydrogens (primary N) is 1. The predicted molar refractivity (Wildman–Crippen MR) is 107 cm³/mol. The summed E-state index contributed by atoms with van der Waals surface area (Å²) >= 11 is 0. The summed E-state index contributed by atoms with van der Waals surface area (Å²) < 4.78 is 33.5. The number of sulfonamides is 1. The Bertz CT molecular complexity index is 882. The van der Waals surface area contributed by atoms with Crippen molar-refractivity contribution >= 4 is 34.0 Å². The van der Waals surface area contributed by atoms with E-state index in [2.05, 4.69) is 10.6 Å². The van der Waals surface area contributed by atoms with E-state index in [4.69, 9.17) is 14.6 Å². The van der Waals surface area contributed by atoms with Gasteiger partial charge in [-0.05, 0) is 48.5 Å². The standard InChI is InChI=1S/C18H21N3O5S.ClH/c19-27(23,24)17-7-5-16(6-8-17)26-15-3-1-13(2-4-15)21-18(22)11-14-12-25-10-9-20-14;/h1-8,14,20H,9-12H2,(H,21,22)(H2,19,23,24);1H. The molecule has 0 aliphatic carbocycles. The Morgan fingerprint density at radius 1 is 1.14 bits per heavy atom. The van der Waals surface area contributed by atoms with E-state index >= 15 is 0 Å². The molecule has 3 rings (SSSR count). The zero-order valence-corrected chi connectivity index (χ0v) is 16.6. The van der Waals surface area contributed by atoms with E-state index in [0.717, 1.165) is 6.54 Å². The van der Waals surface area contributed by atoms with Crippen molar-refractivity contribution in [1.82, 2.24) is 5.32 Å². The monoisotopic (exact) mass is 427 g/mol. The Morgan fingerprint density at radius 3 is 2.29 bits per heavy atom. The molecule has 0 radical (unpaired) electrons. The van der Waals surface area contributed by atoms with Crippen LogP contribution >= 0.6 is 12.4 Å². The number of primary sulfonamides is 1. The number of anilines is 1. The Morgan fingerprint density at radius 2 is 1.75 bits per heavy atom. The van der Waals surface area contributed by atoms with E-state index in [1.807, 2.05) is 0 Å². The smallest absolute Gasteiger partial charge is 0.238 e. The molecular weight excluding hydrogens is 406 g/mol. The average molecular weight is 428 g/mol. The highest BCUT2D eigenvalue weighted by Crippen LogP contribution is 2.24. The molecule has 1 amide bonds. The lowest BCUT2D eigenvalue weighted by Gasteiger charge is -2.23. The number of hydrogen-bond donors (Lipinski definition) is 3. The summed E-state index contributed by atoms with van der Waals surface area (Å²) in [6.07, 6.45) is 0.342. The van der Waals surface area contributed by atoms with E-state index in [1.54, 1.807) is 24.3 Å². The molecule has 0 spiro atoms. The third-order valence-corrected chi connectivity index (χ3v) is 4.89. The third-order valence-electron chi connectivity index (χ3n) is 3.96. The molecule has 0 aromatic heterocycles. The average Bonchev–Trinajstić information content (AvgIpc) is 2.64. The first-order chi connectivity index (χ1) is 12.9. The maximum absolute atomic E-state index is 12.1. The molecule has 2 aromatic rings. The summed E-state index contributed by atoms with van der Waals surface area (Å²) in [4.78, 5) is 12.1. The zero-order chi connectivity index (χ0) is 19.3. The van der Waals surface area contributed by atoms with Crippen LogP contribution in [0, 0.1) is 0 Å². The van der Waals surface area contributed by atoms with Crippen molar-refractivity contribution in [3.63, 3.8) is 0 Å². The molecule has 1 fully saturated rings. The lowest BCUT2D eigenvalue weighted by atomic mass is 10.2. The third kappa shape index (κ3) is 6.47. The van der Waals surface area contributed by atoms with E-state index in [1.165, 1.54) is 24.3 Å². The van der Waals surface area contributed by atoms with Crippen LogP contribution in [0.5, 0.6) is 11.5 Å². The van der Waals surface area contributed by atoms with Gasteiger partial charge in [-0.2, -0.15) is 0 Å². The highest BCUT2D eigenvalue weighted by Gasteiger charge is 2.16. The number of nitrogens with one attached hydrogen (secondary N) is 2. The molecule has 0 bridgehead atoms. The summed E-state index contributed by atoms with van der Waals surface area (Å²) in [6.45, 7) is 1.96. The van der Waals surface area contributed by atoms with Crippen molar-refractivity contribution < 1.29 is 22.7 Å². The van der Waals surface area contributed by atoms with Gasteiger partial charge in [-0.1, -0.05) is 0 Å². The SMILES string of the molecule is Cl.NS(=O)(=O)c1ccc(Oc2ccc(NC(=O)CC3COCCN3)cc2)cc1. The van der Waals surface area contributed by atoms with Gasteiger partial charge in [-0.15, -0.1) is 12.4 Å². The van der Waals surface area contributed by atoms with E-state index in [-0.39, 0.29) is 29.3 Å². The fourth-order valence-corrected chi connectivity index (χ4v) is 3.14. The van der Waals surface area contributed by atoms with Gasteiger partial charge in [0, 0.05) is 24.7 Å². The lowest BCUT2D eigenvalue weighted by Crippen LogP contribution is -2.43. The number of halogens is 1. The number of benzene rings is 2. The van der Waals surface area contributed by atoms with Gasteiger partial charge in [0.05, 0.1) is 18.1 Å². The minimum Gasteiger partial charge on any atom is -0.457 e. The fourth-order valence-electron chi connectivity index (χ4n) is 2.63. The minimum atomic E-state index is -3.73. The van der Waals surface area contributed by atoms with Crippen LogP contribution in [-0.4, -0.2) is 40.1 Å². The fraction of sp³-hybridized carbons (Fsp3) is 0.278. The first-order valence-electron chi connectivity index (χ1n) is 8.42. The second-order valence-electron chi connectivity index (χ2n) is 6.12.